The molecule has 0 unspecified atom stereocenters. The van der Waals surface area contributed by atoms with E-state index in [9.17, 15) is 0 Å². The molecule has 2 rings (SSSR count). The predicted molar refractivity (Wildman–Crippen MR) is 49.5 cm³/mol. The zero-order valence-electron chi connectivity index (χ0n) is 7.33. The Morgan fingerprint density at radius 1 is 1.50 bits per heavy atom. The minimum absolute atomic E-state index is 0. The maximum absolute atomic E-state index is 5.01. The van der Waals surface area contributed by atoms with Gasteiger partial charge in [-0.2, -0.15) is 4.98 Å². The molecular formula is C7H14ClN3O. The minimum Gasteiger partial charge on any atom is -0.412 e. The number of hydrogen-bond acceptors (Lipinski definition) is 3. The second-order valence-electron chi connectivity index (χ2n) is 2.55. The van der Waals surface area contributed by atoms with E-state index in [1.165, 1.54) is 0 Å². The number of ether oxygens (including phenoxy) is 1. The smallest absolute Gasteiger partial charge is 0.285 e. The predicted octanol–water partition coefficient (Wildman–Crippen LogP) is 2.06. The Balaban J connectivity index is 0.000000605. The standard InChI is InChI=1S/C7H10N2O.ClH.H3N/c1-3-4-5-8-6-7(10-6)9(5)2;;/h3-4H2,1-2H3;1H;1H3. The van der Waals surface area contributed by atoms with Crippen molar-refractivity contribution in [3.63, 3.8) is 0 Å². The molecule has 1 aliphatic heterocycles. The van der Waals surface area contributed by atoms with Crippen molar-refractivity contribution in [3.8, 4) is 11.8 Å². The molecule has 4 nitrogen and oxygen atoms in total. The van der Waals surface area contributed by atoms with E-state index in [0.29, 0.717) is 0 Å². The van der Waals surface area contributed by atoms with Gasteiger partial charge in [-0.3, -0.25) is 4.57 Å². The number of imidazole rings is 1. The number of halogens is 1. The molecule has 12 heavy (non-hydrogen) atoms. The Hall–Kier alpha value is -0.740. The Kier molecular flexibility index (Phi) is 3.55. The van der Waals surface area contributed by atoms with Gasteiger partial charge in [0.2, 0.25) is 0 Å². The van der Waals surface area contributed by atoms with Gasteiger partial charge in [-0.05, 0) is 6.42 Å². The SMILES string of the molecule is CCCc1nc2c(n1C)O2.Cl.N. The Bertz CT molecular complexity index is 272. The van der Waals surface area contributed by atoms with Crippen LogP contribution in [0.5, 0.6) is 11.8 Å². The van der Waals surface area contributed by atoms with Crippen LogP contribution in [0.2, 0.25) is 0 Å². The lowest BCUT2D eigenvalue weighted by Gasteiger charge is -1.98. The summed E-state index contributed by atoms with van der Waals surface area (Å²) >= 11 is 0. The maximum atomic E-state index is 5.01. The summed E-state index contributed by atoms with van der Waals surface area (Å²) in [5.74, 6) is 2.91. The number of fused-ring (bicyclic) bond motifs is 1. The fourth-order valence-corrected chi connectivity index (χ4v) is 1.11. The van der Waals surface area contributed by atoms with E-state index in [1.807, 2.05) is 11.6 Å². The largest absolute Gasteiger partial charge is 0.412 e. The lowest BCUT2D eigenvalue weighted by atomic mass is 10.3. The molecule has 0 bridgehead atoms. The molecule has 0 aliphatic carbocycles. The van der Waals surface area contributed by atoms with Crippen molar-refractivity contribution in [2.45, 2.75) is 19.8 Å². The van der Waals surface area contributed by atoms with E-state index in [1.54, 1.807) is 0 Å². The topological polar surface area (TPSA) is 65.3 Å². The number of rotatable bonds is 2. The van der Waals surface area contributed by atoms with Gasteiger partial charge in [-0.25, -0.2) is 0 Å². The Labute approximate surface area is 77.9 Å². The summed E-state index contributed by atoms with van der Waals surface area (Å²) in [7, 11) is 1.99. The molecule has 2 heterocycles. The quantitative estimate of drug-likeness (QED) is 0.739. The first-order valence-corrected chi connectivity index (χ1v) is 3.56. The lowest BCUT2D eigenvalue weighted by molar-refractivity contribution is 0.551. The van der Waals surface area contributed by atoms with Crippen LogP contribution >= 0.6 is 12.4 Å². The average molecular weight is 192 g/mol. The number of aryl methyl sites for hydroxylation is 1. The van der Waals surface area contributed by atoms with E-state index in [-0.39, 0.29) is 18.6 Å². The van der Waals surface area contributed by atoms with Crippen molar-refractivity contribution >= 4 is 12.4 Å². The van der Waals surface area contributed by atoms with Crippen LogP contribution in [0, 0.1) is 0 Å². The van der Waals surface area contributed by atoms with Crippen LogP contribution < -0.4 is 10.9 Å². The summed E-state index contributed by atoms with van der Waals surface area (Å²) in [5.41, 5.74) is 0. The number of hydrogen-bond donors (Lipinski definition) is 1. The Morgan fingerprint density at radius 2 is 2.17 bits per heavy atom. The highest BCUT2D eigenvalue weighted by molar-refractivity contribution is 5.85. The molecule has 1 aromatic heterocycles. The molecule has 1 aliphatic rings. The average Bonchev–Trinajstić information content (AvgIpc) is 2.60. The summed E-state index contributed by atoms with van der Waals surface area (Å²) in [6, 6.07) is 0. The molecule has 0 atom stereocenters. The lowest BCUT2D eigenvalue weighted by Crippen LogP contribution is -1.98. The van der Waals surface area contributed by atoms with Gasteiger partial charge in [-0.1, -0.05) is 6.92 Å². The molecule has 0 saturated heterocycles. The molecule has 0 radical (unpaired) electrons. The fourth-order valence-electron chi connectivity index (χ4n) is 1.11. The van der Waals surface area contributed by atoms with Gasteiger partial charge in [-0.15, -0.1) is 12.4 Å². The van der Waals surface area contributed by atoms with Crippen molar-refractivity contribution in [1.29, 1.82) is 0 Å². The van der Waals surface area contributed by atoms with Gasteiger partial charge in [0.1, 0.15) is 5.82 Å². The first-order chi connectivity index (χ1) is 4.83. The molecule has 1 aromatic rings. The second kappa shape index (κ2) is 3.78. The number of aromatic nitrogens is 2. The van der Waals surface area contributed by atoms with Gasteiger partial charge in [0, 0.05) is 13.5 Å². The van der Waals surface area contributed by atoms with Gasteiger partial charge in [0.15, 0.2) is 0 Å². The van der Waals surface area contributed by atoms with Crippen molar-refractivity contribution in [2.24, 2.45) is 7.05 Å². The molecule has 3 N–H and O–H groups in total. The summed E-state index contributed by atoms with van der Waals surface area (Å²) in [5, 5.41) is 0. The molecule has 0 spiro atoms. The van der Waals surface area contributed by atoms with Crippen LogP contribution in [0.25, 0.3) is 0 Å². The molecule has 0 saturated carbocycles. The zero-order valence-corrected chi connectivity index (χ0v) is 8.15. The van der Waals surface area contributed by atoms with E-state index in [0.717, 1.165) is 30.4 Å². The van der Waals surface area contributed by atoms with E-state index in [4.69, 9.17) is 4.74 Å². The number of nitrogens with zero attached hydrogens (tertiary/aromatic N) is 2. The van der Waals surface area contributed by atoms with Crippen molar-refractivity contribution < 1.29 is 4.74 Å². The highest BCUT2D eigenvalue weighted by Gasteiger charge is 2.29. The van der Waals surface area contributed by atoms with Crippen LogP contribution in [-0.4, -0.2) is 9.55 Å². The highest BCUT2D eigenvalue weighted by atomic mass is 35.5. The monoisotopic (exact) mass is 191 g/mol. The molecule has 0 amide bonds. The fraction of sp³-hybridized carbons (Fsp3) is 0.571. The van der Waals surface area contributed by atoms with Gasteiger partial charge in [0.25, 0.3) is 11.8 Å². The third-order valence-electron chi connectivity index (χ3n) is 1.73. The first kappa shape index (κ1) is 11.3. The van der Waals surface area contributed by atoms with Crippen LogP contribution in [0.15, 0.2) is 0 Å². The van der Waals surface area contributed by atoms with E-state index < -0.39 is 0 Å². The minimum atomic E-state index is 0. The second-order valence-corrected chi connectivity index (χ2v) is 2.55. The van der Waals surface area contributed by atoms with Crippen LogP contribution in [0.1, 0.15) is 19.2 Å². The maximum Gasteiger partial charge on any atom is 0.285 e. The van der Waals surface area contributed by atoms with Gasteiger partial charge < -0.3 is 10.9 Å². The van der Waals surface area contributed by atoms with Crippen molar-refractivity contribution in [1.82, 2.24) is 15.7 Å². The van der Waals surface area contributed by atoms with E-state index in [2.05, 4.69) is 11.9 Å². The van der Waals surface area contributed by atoms with Gasteiger partial charge in [0.05, 0.1) is 0 Å². The zero-order chi connectivity index (χ0) is 7.14. The van der Waals surface area contributed by atoms with Crippen LogP contribution in [0.3, 0.4) is 0 Å². The van der Waals surface area contributed by atoms with Crippen molar-refractivity contribution in [3.05, 3.63) is 5.82 Å². The normalized spacial score (nSPS) is 10.5. The summed E-state index contributed by atoms with van der Waals surface area (Å²) in [6.07, 6.45) is 2.19. The van der Waals surface area contributed by atoms with Crippen molar-refractivity contribution in [2.75, 3.05) is 0 Å². The van der Waals surface area contributed by atoms with Crippen LogP contribution in [0.4, 0.5) is 0 Å². The summed E-state index contributed by atoms with van der Waals surface area (Å²) in [4.78, 5) is 4.23. The summed E-state index contributed by atoms with van der Waals surface area (Å²) in [6.45, 7) is 2.15. The highest BCUT2D eigenvalue weighted by Crippen LogP contribution is 2.44. The Morgan fingerprint density at radius 3 is 2.58 bits per heavy atom. The molecule has 0 fully saturated rings. The third-order valence-corrected chi connectivity index (χ3v) is 1.73. The van der Waals surface area contributed by atoms with Crippen LogP contribution in [-0.2, 0) is 13.5 Å². The molecule has 70 valence electrons. The third kappa shape index (κ3) is 1.54. The van der Waals surface area contributed by atoms with Gasteiger partial charge >= 0.3 is 0 Å². The molecule has 5 heteroatoms. The molecular weight excluding hydrogens is 178 g/mol. The first-order valence-electron chi connectivity index (χ1n) is 3.56. The molecule has 0 aromatic carbocycles. The van der Waals surface area contributed by atoms with E-state index >= 15 is 0 Å². The summed E-state index contributed by atoms with van der Waals surface area (Å²) < 4.78 is 7.03.